The average molecular weight is 363 g/mol. The maximum absolute atomic E-state index is 13.1. The van der Waals surface area contributed by atoms with Gasteiger partial charge in [-0.05, 0) is 30.5 Å². The number of rotatable bonds is 3. The van der Waals surface area contributed by atoms with Crippen LogP contribution in [-0.4, -0.2) is 45.7 Å². The number of nitrogens with zero attached hydrogens (tertiary/aromatic N) is 3. The number of amides is 2. The molecule has 0 saturated carbocycles. The zero-order valence-electron chi connectivity index (χ0n) is 15.7. The van der Waals surface area contributed by atoms with Gasteiger partial charge >= 0.3 is 0 Å². The molecule has 2 aromatic rings. The number of benzene rings is 1. The Morgan fingerprint density at radius 3 is 2.56 bits per heavy atom. The van der Waals surface area contributed by atoms with Gasteiger partial charge in [-0.2, -0.15) is 0 Å². The van der Waals surface area contributed by atoms with Crippen molar-refractivity contribution >= 4 is 11.8 Å². The zero-order valence-corrected chi connectivity index (χ0v) is 15.7. The van der Waals surface area contributed by atoms with Crippen molar-refractivity contribution in [3.05, 3.63) is 66.0 Å². The third-order valence-electron chi connectivity index (χ3n) is 6.19. The molecule has 2 aliphatic heterocycles. The molecule has 2 saturated heterocycles. The van der Waals surface area contributed by atoms with Gasteiger partial charge < -0.3 is 9.80 Å². The minimum atomic E-state index is -0.151. The lowest BCUT2D eigenvalue weighted by atomic mass is 9.71. The predicted molar refractivity (Wildman–Crippen MR) is 103 cm³/mol. The fourth-order valence-electron chi connectivity index (χ4n) is 4.77. The van der Waals surface area contributed by atoms with Gasteiger partial charge in [0.15, 0.2) is 0 Å². The van der Waals surface area contributed by atoms with Crippen molar-refractivity contribution in [1.29, 1.82) is 0 Å². The molecule has 1 aromatic heterocycles. The van der Waals surface area contributed by atoms with Crippen molar-refractivity contribution < 1.29 is 9.59 Å². The molecule has 4 rings (SSSR count). The Kier molecular flexibility index (Phi) is 4.68. The number of likely N-dealkylation sites (tertiary alicyclic amines) is 2. The molecule has 0 N–H and O–H groups in total. The predicted octanol–water partition coefficient (Wildman–Crippen LogP) is 2.76. The summed E-state index contributed by atoms with van der Waals surface area (Å²) in [6, 6.07) is 16.1. The second-order valence-corrected chi connectivity index (χ2v) is 7.59. The third-order valence-corrected chi connectivity index (χ3v) is 6.19. The highest BCUT2D eigenvalue weighted by Crippen LogP contribution is 2.46. The van der Waals surface area contributed by atoms with Crippen molar-refractivity contribution in [1.82, 2.24) is 14.8 Å². The molecule has 0 bridgehead atoms. The largest absolute Gasteiger partial charge is 0.339 e. The summed E-state index contributed by atoms with van der Waals surface area (Å²) in [5, 5.41) is 0. The highest BCUT2D eigenvalue weighted by molar-refractivity contribution is 5.80. The first kappa shape index (κ1) is 17.7. The first-order valence-corrected chi connectivity index (χ1v) is 9.60. The summed E-state index contributed by atoms with van der Waals surface area (Å²) >= 11 is 0. The van der Waals surface area contributed by atoms with E-state index in [1.54, 1.807) is 13.1 Å². The second-order valence-electron chi connectivity index (χ2n) is 7.59. The number of hydrogen-bond acceptors (Lipinski definition) is 3. The Morgan fingerprint density at radius 2 is 1.85 bits per heavy atom. The second kappa shape index (κ2) is 7.14. The van der Waals surface area contributed by atoms with E-state index in [-0.39, 0.29) is 23.3 Å². The molecular weight excluding hydrogens is 338 g/mol. The summed E-state index contributed by atoms with van der Waals surface area (Å²) in [5.74, 6) is 0.167. The summed E-state index contributed by atoms with van der Waals surface area (Å²) in [6.07, 6.45) is 3.91. The summed E-state index contributed by atoms with van der Waals surface area (Å²) in [5.41, 5.74) is 1.99. The standard InChI is InChI=1S/C22H25N3O2/c1-17(26)25-14-11-22(18-7-3-2-4-8-18)10-13-24(21(27)15-20(22)25)16-19-9-5-6-12-23-19/h2-9,12,20H,10-11,13-16H2,1H3/t20-,22-/m1/s1. The lowest BCUT2D eigenvalue weighted by Crippen LogP contribution is -2.45. The van der Waals surface area contributed by atoms with Crippen LogP contribution in [0.2, 0.25) is 0 Å². The zero-order chi connectivity index (χ0) is 18.9. The maximum Gasteiger partial charge on any atom is 0.225 e. The number of carbonyl (C=O) groups is 2. The van der Waals surface area contributed by atoms with Crippen LogP contribution >= 0.6 is 0 Å². The normalized spacial score (nSPS) is 25.2. The van der Waals surface area contributed by atoms with Crippen LogP contribution in [0.3, 0.4) is 0 Å². The van der Waals surface area contributed by atoms with Crippen molar-refractivity contribution in [3.8, 4) is 0 Å². The van der Waals surface area contributed by atoms with Gasteiger partial charge in [0.05, 0.1) is 18.3 Å². The van der Waals surface area contributed by atoms with Gasteiger partial charge in [-0.25, -0.2) is 0 Å². The van der Waals surface area contributed by atoms with Crippen LogP contribution in [-0.2, 0) is 21.5 Å². The third kappa shape index (κ3) is 3.22. The first-order chi connectivity index (χ1) is 13.1. The molecule has 140 valence electrons. The number of pyridine rings is 1. The Morgan fingerprint density at radius 1 is 1.11 bits per heavy atom. The van der Waals surface area contributed by atoms with E-state index >= 15 is 0 Å². The number of hydrogen-bond donors (Lipinski definition) is 0. The van der Waals surface area contributed by atoms with E-state index in [1.165, 1.54) is 5.56 Å². The summed E-state index contributed by atoms with van der Waals surface area (Å²) < 4.78 is 0. The first-order valence-electron chi connectivity index (χ1n) is 9.60. The van der Waals surface area contributed by atoms with E-state index in [4.69, 9.17) is 0 Å². The van der Waals surface area contributed by atoms with Gasteiger partial charge in [0, 0.05) is 38.0 Å². The fraction of sp³-hybridized carbons (Fsp3) is 0.409. The van der Waals surface area contributed by atoms with Crippen molar-refractivity contribution in [2.24, 2.45) is 0 Å². The van der Waals surface area contributed by atoms with Crippen LogP contribution in [0.4, 0.5) is 0 Å². The minimum absolute atomic E-state index is 0.0591. The lowest BCUT2D eigenvalue weighted by molar-refractivity contribution is -0.134. The van der Waals surface area contributed by atoms with Crippen molar-refractivity contribution in [2.75, 3.05) is 13.1 Å². The molecule has 2 amide bonds. The molecule has 2 aliphatic rings. The van der Waals surface area contributed by atoms with Gasteiger partial charge in [0.25, 0.3) is 0 Å². The van der Waals surface area contributed by atoms with Crippen LogP contribution in [0.25, 0.3) is 0 Å². The number of aromatic nitrogens is 1. The maximum atomic E-state index is 13.1. The van der Waals surface area contributed by atoms with E-state index in [2.05, 4.69) is 29.2 Å². The molecule has 0 unspecified atom stereocenters. The minimum Gasteiger partial charge on any atom is -0.339 e. The molecule has 2 fully saturated rings. The monoisotopic (exact) mass is 363 g/mol. The molecule has 1 aromatic carbocycles. The summed E-state index contributed by atoms with van der Waals surface area (Å²) in [6.45, 7) is 3.55. The Bertz CT molecular complexity index is 824. The summed E-state index contributed by atoms with van der Waals surface area (Å²) in [7, 11) is 0. The SMILES string of the molecule is CC(=O)N1CC[C@@]2(c3ccccc3)CCN(Cc3ccccn3)C(=O)C[C@@H]12. The Balaban J connectivity index is 1.66. The van der Waals surface area contributed by atoms with Gasteiger partial charge in [0.1, 0.15) is 0 Å². The number of carbonyl (C=O) groups excluding carboxylic acids is 2. The van der Waals surface area contributed by atoms with Gasteiger partial charge in [0.2, 0.25) is 11.8 Å². The molecule has 2 atom stereocenters. The van der Waals surface area contributed by atoms with Crippen molar-refractivity contribution in [3.63, 3.8) is 0 Å². The van der Waals surface area contributed by atoms with Crippen molar-refractivity contribution in [2.45, 2.75) is 44.2 Å². The van der Waals surface area contributed by atoms with E-state index in [9.17, 15) is 9.59 Å². The lowest BCUT2D eigenvalue weighted by Gasteiger charge is -2.36. The molecule has 5 nitrogen and oxygen atoms in total. The van der Waals surface area contributed by atoms with Crippen LogP contribution in [0.15, 0.2) is 54.7 Å². The van der Waals surface area contributed by atoms with Crippen LogP contribution in [0.5, 0.6) is 0 Å². The molecule has 5 heteroatoms. The number of fused-ring (bicyclic) bond motifs is 1. The van der Waals surface area contributed by atoms with Gasteiger partial charge in [-0.3, -0.25) is 14.6 Å². The van der Waals surface area contributed by atoms with Crippen LogP contribution < -0.4 is 0 Å². The molecule has 3 heterocycles. The van der Waals surface area contributed by atoms with Crippen LogP contribution in [0, 0.1) is 0 Å². The molecule has 0 radical (unpaired) electrons. The molecule has 0 aliphatic carbocycles. The molecule has 27 heavy (non-hydrogen) atoms. The highest BCUT2D eigenvalue weighted by atomic mass is 16.2. The highest BCUT2D eigenvalue weighted by Gasteiger charge is 2.51. The summed E-state index contributed by atoms with van der Waals surface area (Å²) in [4.78, 5) is 33.5. The van der Waals surface area contributed by atoms with E-state index in [0.29, 0.717) is 19.5 Å². The quantitative estimate of drug-likeness (QED) is 0.843. The fourth-order valence-corrected chi connectivity index (χ4v) is 4.77. The molecular formula is C22H25N3O2. The average Bonchev–Trinajstić information content (AvgIpc) is 2.99. The van der Waals surface area contributed by atoms with Gasteiger partial charge in [-0.15, -0.1) is 0 Å². The smallest absolute Gasteiger partial charge is 0.225 e. The van der Waals surface area contributed by atoms with Crippen LogP contribution in [0.1, 0.15) is 37.4 Å². The van der Waals surface area contributed by atoms with E-state index in [1.807, 2.05) is 34.1 Å². The van der Waals surface area contributed by atoms with E-state index in [0.717, 1.165) is 25.1 Å². The Labute approximate surface area is 160 Å². The van der Waals surface area contributed by atoms with E-state index < -0.39 is 0 Å². The molecule has 0 spiro atoms. The Hall–Kier alpha value is -2.69. The van der Waals surface area contributed by atoms with Gasteiger partial charge in [-0.1, -0.05) is 36.4 Å². The topological polar surface area (TPSA) is 53.5 Å².